The third kappa shape index (κ3) is 2.02. The van der Waals surface area contributed by atoms with Crippen molar-refractivity contribution >= 4 is 5.69 Å². The lowest BCUT2D eigenvalue weighted by Crippen LogP contribution is -2.17. The number of hydrogen-bond donors (Lipinski definition) is 0. The van der Waals surface area contributed by atoms with Crippen LogP contribution in [-0.2, 0) is 0 Å². The van der Waals surface area contributed by atoms with Crippen LogP contribution in [-0.4, -0.2) is 23.2 Å². The minimum Gasteiger partial charge on any atom is -0.372 e. The van der Waals surface area contributed by atoms with Crippen molar-refractivity contribution in [3.05, 3.63) is 30.1 Å². The molecule has 4 nitrogen and oxygen atoms in total. The number of nitrogens with zero attached hydrogens (tertiary/aromatic N) is 3. The number of aromatic nitrogens is 2. The summed E-state index contributed by atoms with van der Waals surface area (Å²) >= 11 is 0. The van der Waals surface area contributed by atoms with Crippen LogP contribution in [0.1, 0.15) is 18.7 Å². The van der Waals surface area contributed by atoms with Gasteiger partial charge in [-0.2, -0.15) is 4.98 Å². The van der Waals surface area contributed by atoms with Crippen LogP contribution in [0.25, 0.3) is 11.5 Å². The molecule has 1 aromatic heterocycles. The van der Waals surface area contributed by atoms with Crippen LogP contribution in [0.5, 0.6) is 0 Å². The molecule has 3 rings (SSSR count). The summed E-state index contributed by atoms with van der Waals surface area (Å²) in [5.74, 6) is 1.26. The first-order chi connectivity index (χ1) is 8.33. The van der Waals surface area contributed by atoms with E-state index in [4.69, 9.17) is 4.52 Å². The first-order valence-electron chi connectivity index (χ1n) is 5.98. The first-order valence-corrected chi connectivity index (χ1v) is 5.98. The summed E-state index contributed by atoms with van der Waals surface area (Å²) in [5, 5.41) is 3.80. The van der Waals surface area contributed by atoms with E-state index in [0.29, 0.717) is 11.7 Å². The van der Waals surface area contributed by atoms with E-state index in [-0.39, 0.29) is 0 Å². The van der Waals surface area contributed by atoms with Gasteiger partial charge in [-0.15, -0.1) is 0 Å². The third-order valence-electron chi connectivity index (χ3n) is 3.11. The summed E-state index contributed by atoms with van der Waals surface area (Å²) in [7, 11) is 0. The van der Waals surface area contributed by atoms with Gasteiger partial charge in [-0.05, 0) is 44.0 Å². The predicted molar refractivity (Wildman–Crippen MR) is 65.9 cm³/mol. The minimum absolute atomic E-state index is 0.593. The number of aryl methyl sites for hydroxylation is 1. The lowest BCUT2D eigenvalue weighted by Gasteiger charge is -2.17. The van der Waals surface area contributed by atoms with E-state index in [1.165, 1.54) is 31.6 Å². The van der Waals surface area contributed by atoms with E-state index in [1.807, 2.05) is 19.1 Å². The topological polar surface area (TPSA) is 42.2 Å². The molecule has 1 aromatic carbocycles. The fraction of sp³-hybridized carbons (Fsp3) is 0.385. The Balaban J connectivity index is 1.84. The summed E-state index contributed by atoms with van der Waals surface area (Å²) in [6.07, 6.45) is 2.59. The maximum Gasteiger partial charge on any atom is 0.257 e. The van der Waals surface area contributed by atoms with Crippen LogP contribution in [0.2, 0.25) is 0 Å². The molecule has 1 fully saturated rings. The van der Waals surface area contributed by atoms with Gasteiger partial charge in [-0.25, -0.2) is 0 Å². The lowest BCUT2D eigenvalue weighted by molar-refractivity contribution is 0.425. The van der Waals surface area contributed by atoms with E-state index in [2.05, 4.69) is 27.2 Å². The Labute approximate surface area is 100 Å². The number of rotatable bonds is 2. The monoisotopic (exact) mass is 229 g/mol. The Hall–Kier alpha value is -1.84. The van der Waals surface area contributed by atoms with Crippen LogP contribution >= 0.6 is 0 Å². The van der Waals surface area contributed by atoms with Crippen LogP contribution < -0.4 is 4.90 Å². The molecular weight excluding hydrogens is 214 g/mol. The van der Waals surface area contributed by atoms with Crippen molar-refractivity contribution in [1.29, 1.82) is 0 Å². The molecule has 0 saturated carbocycles. The van der Waals surface area contributed by atoms with Crippen molar-refractivity contribution in [3.63, 3.8) is 0 Å². The van der Waals surface area contributed by atoms with Gasteiger partial charge in [-0.1, -0.05) is 5.16 Å². The molecule has 1 aliphatic heterocycles. The highest BCUT2D eigenvalue weighted by Crippen LogP contribution is 2.24. The van der Waals surface area contributed by atoms with Crippen molar-refractivity contribution in [2.75, 3.05) is 18.0 Å². The molecule has 0 aliphatic carbocycles. The second-order valence-electron chi connectivity index (χ2n) is 4.39. The Morgan fingerprint density at radius 1 is 1.12 bits per heavy atom. The van der Waals surface area contributed by atoms with Crippen molar-refractivity contribution in [2.24, 2.45) is 0 Å². The predicted octanol–water partition coefficient (Wildman–Crippen LogP) is 2.65. The average Bonchev–Trinajstić information content (AvgIpc) is 3.00. The second kappa shape index (κ2) is 4.20. The minimum atomic E-state index is 0.593. The molecule has 0 radical (unpaired) electrons. The molecule has 0 bridgehead atoms. The number of benzene rings is 1. The van der Waals surface area contributed by atoms with Gasteiger partial charge in [0.2, 0.25) is 0 Å². The maximum absolute atomic E-state index is 5.14. The van der Waals surface area contributed by atoms with Crippen molar-refractivity contribution < 1.29 is 4.52 Å². The molecule has 0 atom stereocenters. The van der Waals surface area contributed by atoms with Gasteiger partial charge in [0.25, 0.3) is 5.89 Å². The highest BCUT2D eigenvalue weighted by molar-refractivity contribution is 5.59. The van der Waals surface area contributed by atoms with Gasteiger partial charge in [-0.3, -0.25) is 0 Å². The van der Waals surface area contributed by atoms with Gasteiger partial charge in [0.15, 0.2) is 5.82 Å². The standard InChI is InChI=1S/C13H15N3O/c1-10-14-13(17-15-10)11-4-6-12(7-5-11)16-8-2-3-9-16/h4-7H,2-3,8-9H2,1H3. The molecule has 2 aromatic rings. The van der Waals surface area contributed by atoms with Gasteiger partial charge >= 0.3 is 0 Å². The Morgan fingerprint density at radius 3 is 2.41 bits per heavy atom. The summed E-state index contributed by atoms with van der Waals surface area (Å²) in [5.41, 5.74) is 2.26. The SMILES string of the molecule is Cc1noc(-c2ccc(N3CCCC3)cc2)n1. The van der Waals surface area contributed by atoms with Crippen LogP contribution in [0, 0.1) is 6.92 Å². The second-order valence-corrected chi connectivity index (χ2v) is 4.39. The molecular formula is C13H15N3O. The first kappa shape index (κ1) is 10.3. The van der Waals surface area contributed by atoms with Crippen molar-refractivity contribution in [3.8, 4) is 11.5 Å². The fourth-order valence-electron chi connectivity index (χ4n) is 2.20. The molecule has 17 heavy (non-hydrogen) atoms. The smallest absolute Gasteiger partial charge is 0.257 e. The summed E-state index contributed by atoms with van der Waals surface area (Å²) in [6, 6.07) is 8.33. The molecule has 0 amide bonds. The zero-order valence-corrected chi connectivity index (χ0v) is 9.89. The fourth-order valence-corrected chi connectivity index (χ4v) is 2.20. The zero-order valence-electron chi connectivity index (χ0n) is 9.89. The summed E-state index contributed by atoms with van der Waals surface area (Å²) in [6.45, 7) is 4.16. The van der Waals surface area contributed by atoms with Gasteiger partial charge in [0, 0.05) is 24.3 Å². The van der Waals surface area contributed by atoms with Gasteiger partial charge in [0.1, 0.15) is 0 Å². The highest BCUT2D eigenvalue weighted by atomic mass is 16.5. The molecule has 4 heteroatoms. The van der Waals surface area contributed by atoms with Crippen LogP contribution in [0.3, 0.4) is 0 Å². The summed E-state index contributed by atoms with van der Waals surface area (Å²) in [4.78, 5) is 6.62. The molecule has 2 heterocycles. The maximum atomic E-state index is 5.14. The Morgan fingerprint density at radius 2 is 1.82 bits per heavy atom. The van der Waals surface area contributed by atoms with E-state index in [1.54, 1.807) is 0 Å². The van der Waals surface area contributed by atoms with Crippen molar-refractivity contribution in [2.45, 2.75) is 19.8 Å². The average molecular weight is 229 g/mol. The largest absolute Gasteiger partial charge is 0.372 e. The summed E-state index contributed by atoms with van der Waals surface area (Å²) < 4.78 is 5.14. The van der Waals surface area contributed by atoms with Crippen molar-refractivity contribution in [1.82, 2.24) is 10.1 Å². The number of anilines is 1. The van der Waals surface area contributed by atoms with E-state index in [9.17, 15) is 0 Å². The van der Waals surface area contributed by atoms with E-state index < -0.39 is 0 Å². The van der Waals surface area contributed by atoms with E-state index in [0.717, 1.165) is 5.56 Å². The van der Waals surface area contributed by atoms with Crippen LogP contribution in [0.15, 0.2) is 28.8 Å². The zero-order chi connectivity index (χ0) is 11.7. The van der Waals surface area contributed by atoms with Gasteiger partial charge < -0.3 is 9.42 Å². The molecule has 1 saturated heterocycles. The van der Waals surface area contributed by atoms with Crippen LogP contribution in [0.4, 0.5) is 5.69 Å². The highest BCUT2D eigenvalue weighted by Gasteiger charge is 2.12. The Kier molecular flexibility index (Phi) is 2.55. The molecule has 88 valence electrons. The van der Waals surface area contributed by atoms with E-state index >= 15 is 0 Å². The quantitative estimate of drug-likeness (QED) is 0.794. The number of hydrogen-bond acceptors (Lipinski definition) is 4. The lowest BCUT2D eigenvalue weighted by atomic mass is 10.2. The normalized spacial score (nSPS) is 15.5. The third-order valence-corrected chi connectivity index (χ3v) is 3.11. The molecule has 0 spiro atoms. The molecule has 1 aliphatic rings. The Bertz CT molecular complexity index is 498. The van der Waals surface area contributed by atoms with Gasteiger partial charge in [0.05, 0.1) is 0 Å². The molecule has 0 unspecified atom stereocenters. The molecule has 0 N–H and O–H groups in total.